The summed E-state index contributed by atoms with van der Waals surface area (Å²) < 4.78 is 6.04. The van der Waals surface area contributed by atoms with Crippen LogP contribution in [0.15, 0.2) is 0 Å². The first kappa shape index (κ1) is 15.1. The first-order chi connectivity index (χ1) is 9.02. The number of hydrogen-bond donors (Lipinski definition) is 2. The molecule has 0 aromatic heterocycles. The van der Waals surface area contributed by atoms with Crippen molar-refractivity contribution >= 4 is 17.7 Å². The van der Waals surface area contributed by atoms with Crippen LogP contribution < -0.4 is 5.32 Å². The zero-order chi connectivity index (χ0) is 13.9. The lowest BCUT2D eigenvalue weighted by Gasteiger charge is -2.44. The summed E-state index contributed by atoms with van der Waals surface area (Å²) in [5.74, 6) is 1.70. The maximum atomic E-state index is 11.3. The molecule has 2 aliphatic rings. The number of carboxylic acids is 1. The number of ether oxygens (including phenoxy) is 1. The van der Waals surface area contributed by atoms with Crippen molar-refractivity contribution in [2.75, 3.05) is 18.1 Å². The Morgan fingerprint density at radius 2 is 2.11 bits per heavy atom. The SMILES string of the molecule is CC(C)C(NC1CCOC2(CCSCC2)C1)C(=O)O. The monoisotopic (exact) mass is 287 g/mol. The van der Waals surface area contributed by atoms with E-state index in [2.05, 4.69) is 5.32 Å². The van der Waals surface area contributed by atoms with Gasteiger partial charge < -0.3 is 15.2 Å². The van der Waals surface area contributed by atoms with E-state index in [1.807, 2.05) is 25.6 Å². The third-order valence-corrected chi connectivity index (χ3v) is 5.23. The highest BCUT2D eigenvalue weighted by Gasteiger charge is 2.39. The Kier molecular flexibility index (Phi) is 5.15. The Balaban J connectivity index is 1.95. The molecule has 2 fully saturated rings. The first-order valence-electron chi connectivity index (χ1n) is 7.23. The molecule has 19 heavy (non-hydrogen) atoms. The summed E-state index contributed by atoms with van der Waals surface area (Å²) >= 11 is 1.99. The number of nitrogens with one attached hydrogen (secondary N) is 1. The van der Waals surface area contributed by atoms with E-state index in [1.54, 1.807) is 0 Å². The van der Waals surface area contributed by atoms with Crippen molar-refractivity contribution in [2.24, 2.45) is 5.92 Å². The van der Waals surface area contributed by atoms with E-state index in [9.17, 15) is 9.90 Å². The van der Waals surface area contributed by atoms with Crippen LogP contribution in [-0.2, 0) is 9.53 Å². The Morgan fingerprint density at radius 3 is 2.68 bits per heavy atom. The number of carbonyl (C=O) groups is 1. The normalized spacial score (nSPS) is 28.5. The summed E-state index contributed by atoms with van der Waals surface area (Å²) in [4.78, 5) is 11.3. The second-order valence-electron chi connectivity index (χ2n) is 6.06. The largest absolute Gasteiger partial charge is 0.480 e. The molecule has 0 aliphatic carbocycles. The summed E-state index contributed by atoms with van der Waals surface area (Å²) in [6, 6.07) is -0.168. The van der Waals surface area contributed by atoms with Gasteiger partial charge >= 0.3 is 5.97 Å². The van der Waals surface area contributed by atoms with Crippen molar-refractivity contribution in [3.05, 3.63) is 0 Å². The number of hydrogen-bond acceptors (Lipinski definition) is 4. The van der Waals surface area contributed by atoms with E-state index in [1.165, 1.54) is 11.5 Å². The van der Waals surface area contributed by atoms with Crippen LogP contribution in [0.25, 0.3) is 0 Å². The molecule has 1 spiro atoms. The molecule has 0 saturated carbocycles. The predicted octanol–water partition coefficient (Wildman–Crippen LogP) is 2.13. The molecular formula is C14H25NO3S. The maximum absolute atomic E-state index is 11.3. The van der Waals surface area contributed by atoms with Crippen molar-refractivity contribution < 1.29 is 14.6 Å². The van der Waals surface area contributed by atoms with Crippen LogP contribution in [-0.4, -0.2) is 46.9 Å². The fourth-order valence-electron chi connectivity index (χ4n) is 3.06. The van der Waals surface area contributed by atoms with Gasteiger partial charge in [0.25, 0.3) is 0 Å². The standard InChI is InChI=1S/C14H25NO3S/c1-10(2)12(13(16)17)15-11-3-6-18-14(9-11)4-7-19-8-5-14/h10-12,15H,3-9H2,1-2H3,(H,16,17). The zero-order valence-electron chi connectivity index (χ0n) is 11.9. The van der Waals surface area contributed by atoms with Crippen molar-refractivity contribution in [3.8, 4) is 0 Å². The minimum atomic E-state index is -0.741. The highest BCUT2D eigenvalue weighted by Crippen LogP contribution is 2.37. The lowest BCUT2D eigenvalue weighted by molar-refractivity contribution is -0.142. The minimum absolute atomic E-state index is 0.0151. The average Bonchev–Trinajstić information content (AvgIpc) is 2.36. The topological polar surface area (TPSA) is 58.6 Å². The van der Waals surface area contributed by atoms with Gasteiger partial charge in [0.05, 0.1) is 5.60 Å². The van der Waals surface area contributed by atoms with E-state index in [0.717, 1.165) is 32.3 Å². The molecule has 0 radical (unpaired) electrons. The third-order valence-electron chi connectivity index (χ3n) is 4.24. The van der Waals surface area contributed by atoms with Gasteiger partial charge in [-0.3, -0.25) is 4.79 Å². The molecule has 5 heteroatoms. The van der Waals surface area contributed by atoms with Gasteiger partial charge in [0.1, 0.15) is 6.04 Å². The smallest absolute Gasteiger partial charge is 0.320 e. The average molecular weight is 287 g/mol. The molecule has 4 nitrogen and oxygen atoms in total. The molecule has 110 valence electrons. The maximum Gasteiger partial charge on any atom is 0.320 e. The van der Waals surface area contributed by atoms with Crippen molar-refractivity contribution in [3.63, 3.8) is 0 Å². The molecule has 2 saturated heterocycles. The van der Waals surface area contributed by atoms with Crippen LogP contribution in [0.5, 0.6) is 0 Å². The molecule has 2 aliphatic heterocycles. The second kappa shape index (κ2) is 6.46. The molecule has 0 aromatic carbocycles. The zero-order valence-corrected chi connectivity index (χ0v) is 12.7. The van der Waals surface area contributed by atoms with Gasteiger partial charge in [-0.25, -0.2) is 0 Å². The molecule has 0 aromatic rings. The molecule has 0 bridgehead atoms. The Hall–Kier alpha value is -0.260. The van der Waals surface area contributed by atoms with Crippen molar-refractivity contribution in [1.82, 2.24) is 5.32 Å². The molecule has 2 unspecified atom stereocenters. The van der Waals surface area contributed by atoms with E-state index in [0.29, 0.717) is 0 Å². The van der Waals surface area contributed by atoms with Gasteiger partial charge in [-0.2, -0.15) is 11.8 Å². The van der Waals surface area contributed by atoms with Gasteiger partial charge in [0.15, 0.2) is 0 Å². The van der Waals surface area contributed by atoms with Gasteiger partial charge in [0.2, 0.25) is 0 Å². The van der Waals surface area contributed by atoms with Crippen molar-refractivity contribution in [2.45, 2.75) is 57.2 Å². The second-order valence-corrected chi connectivity index (χ2v) is 7.28. The molecule has 2 rings (SSSR count). The van der Waals surface area contributed by atoms with Gasteiger partial charge in [-0.15, -0.1) is 0 Å². The van der Waals surface area contributed by atoms with Crippen molar-refractivity contribution in [1.29, 1.82) is 0 Å². The fraction of sp³-hybridized carbons (Fsp3) is 0.929. The Labute approximate surface area is 119 Å². The molecule has 2 N–H and O–H groups in total. The summed E-state index contributed by atoms with van der Waals surface area (Å²) in [5, 5.41) is 12.6. The van der Waals surface area contributed by atoms with Crippen LogP contribution in [0.3, 0.4) is 0 Å². The van der Waals surface area contributed by atoms with Gasteiger partial charge in [-0.05, 0) is 43.1 Å². The number of thioether (sulfide) groups is 1. The highest BCUT2D eigenvalue weighted by molar-refractivity contribution is 7.99. The minimum Gasteiger partial charge on any atom is -0.480 e. The number of carboxylic acid groups (broad SMARTS) is 1. The molecule has 2 atom stereocenters. The Bertz CT molecular complexity index is 310. The third kappa shape index (κ3) is 3.86. The van der Waals surface area contributed by atoms with Crippen LogP contribution in [0.4, 0.5) is 0 Å². The molecule has 0 amide bonds. The van der Waals surface area contributed by atoms with Crippen LogP contribution in [0.2, 0.25) is 0 Å². The van der Waals surface area contributed by atoms with Crippen LogP contribution >= 0.6 is 11.8 Å². The van der Waals surface area contributed by atoms with E-state index in [4.69, 9.17) is 4.74 Å². The summed E-state index contributed by atoms with van der Waals surface area (Å²) in [6.07, 6.45) is 4.10. The van der Waals surface area contributed by atoms with E-state index >= 15 is 0 Å². The first-order valence-corrected chi connectivity index (χ1v) is 8.38. The number of rotatable bonds is 4. The summed E-state index contributed by atoms with van der Waals surface area (Å²) in [7, 11) is 0. The quantitative estimate of drug-likeness (QED) is 0.829. The fourth-order valence-corrected chi connectivity index (χ4v) is 4.30. The summed E-state index contributed by atoms with van der Waals surface area (Å²) in [5.41, 5.74) is 0.0151. The van der Waals surface area contributed by atoms with Crippen LogP contribution in [0, 0.1) is 5.92 Å². The Morgan fingerprint density at radius 1 is 1.42 bits per heavy atom. The van der Waals surface area contributed by atoms with Crippen LogP contribution in [0.1, 0.15) is 39.5 Å². The lowest BCUT2D eigenvalue weighted by Crippen LogP contribution is -2.53. The van der Waals surface area contributed by atoms with E-state index < -0.39 is 12.0 Å². The van der Waals surface area contributed by atoms with Gasteiger partial charge in [-0.1, -0.05) is 13.8 Å². The summed E-state index contributed by atoms with van der Waals surface area (Å²) in [6.45, 7) is 4.67. The van der Waals surface area contributed by atoms with Gasteiger partial charge in [0, 0.05) is 12.6 Å². The number of aliphatic carboxylic acids is 1. The molecular weight excluding hydrogens is 262 g/mol. The predicted molar refractivity (Wildman–Crippen MR) is 77.7 cm³/mol. The highest BCUT2D eigenvalue weighted by atomic mass is 32.2. The van der Waals surface area contributed by atoms with E-state index in [-0.39, 0.29) is 17.6 Å². The molecule has 2 heterocycles. The lowest BCUT2D eigenvalue weighted by atomic mass is 9.85.